The van der Waals surface area contributed by atoms with E-state index in [2.05, 4.69) is 4.90 Å². The van der Waals surface area contributed by atoms with Crippen LogP contribution in [0.3, 0.4) is 0 Å². The first kappa shape index (κ1) is 18.5. The van der Waals surface area contributed by atoms with E-state index in [1.54, 1.807) is 9.21 Å². The molecule has 4 fully saturated rings. The van der Waals surface area contributed by atoms with Gasteiger partial charge in [-0.2, -0.15) is 0 Å². The van der Waals surface area contributed by atoms with Crippen LogP contribution >= 0.6 is 0 Å². The largest absolute Gasteiger partial charge is 0.375 e. The fourth-order valence-corrected chi connectivity index (χ4v) is 6.73. The van der Waals surface area contributed by atoms with Crippen molar-refractivity contribution in [2.24, 2.45) is 0 Å². The number of hydrogen-bond donors (Lipinski definition) is 0. The van der Waals surface area contributed by atoms with Crippen LogP contribution in [0.1, 0.15) is 51.4 Å². The minimum atomic E-state index is -3.05. The summed E-state index contributed by atoms with van der Waals surface area (Å²) in [7, 11) is 0.578. The number of rotatable bonds is 4. The number of carbonyl (C=O) groups excluding carboxylic acids is 1. The SMILES string of the molecule is CN(C)C(=O)N1[C@@H]2CC[C@H]1CC(OC1CCN(S(=O)(=O)C3CC3)CC1)C2. The standard InChI is InChI=1S/C18H31N3O4S/c1-19(2)18(22)21-13-3-4-14(21)12-16(11-13)25-15-7-9-20(10-8-15)26(23,24)17-5-6-17/h13-17H,3-12H2,1-2H3/t13-,14+,16?. The number of sulfonamides is 1. The zero-order valence-corrected chi connectivity index (χ0v) is 16.7. The molecule has 0 spiro atoms. The summed E-state index contributed by atoms with van der Waals surface area (Å²) in [5, 5.41) is -0.117. The predicted molar refractivity (Wildman–Crippen MR) is 98.4 cm³/mol. The van der Waals surface area contributed by atoms with Gasteiger partial charge in [-0.3, -0.25) is 0 Å². The van der Waals surface area contributed by atoms with Gasteiger partial charge in [0, 0.05) is 39.3 Å². The highest BCUT2D eigenvalue weighted by atomic mass is 32.2. The average Bonchev–Trinajstić information content (AvgIpc) is 3.41. The van der Waals surface area contributed by atoms with Crippen LogP contribution in [0, 0.1) is 0 Å². The molecule has 4 rings (SSSR count). The molecule has 0 aromatic heterocycles. The zero-order valence-electron chi connectivity index (χ0n) is 15.8. The Labute approximate surface area is 156 Å². The summed E-state index contributed by atoms with van der Waals surface area (Å²) >= 11 is 0. The molecule has 148 valence electrons. The number of hydrogen-bond acceptors (Lipinski definition) is 4. The maximum atomic E-state index is 12.4. The summed E-state index contributed by atoms with van der Waals surface area (Å²) in [5.74, 6) is 0. The molecular formula is C18H31N3O4S. The van der Waals surface area contributed by atoms with E-state index in [4.69, 9.17) is 4.74 Å². The lowest BCUT2D eigenvalue weighted by Gasteiger charge is -2.41. The molecule has 3 heterocycles. The van der Waals surface area contributed by atoms with Crippen LogP contribution in [0.25, 0.3) is 0 Å². The molecule has 3 atom stereocenters. The molecule has 7 nitrogen and oxygen atoms in total. The summed E-state index contributed by atoms with van der Waals surface area (Å²) in [6.07, 6.45) is 7.56. The Hall–Kier alpha value is -0.860. The van der Waals surface area contributed by atoms with Gasteiger partial charge in [0.05, 0.1) is 17.5 Å². The van der Waals surface area contributed by atoms with Gasteiger partial charge in [-0.15, -0.1) is 0 Å². The van der Waals surface area contributed by atoms with Crippen LogP contribution in [0.4, 0.5) is 4.79 Å². The Morgan fingerprint density at radius 1 is 0.923 bits per heavy atom. The van der Waals surface area contributed by atoms with E-state index >= 15 is 0 Å². The van der Waals surface area contributed by atoms with Crippen LogP contribution in [0.2, 0.25) is 0 Å². The highest BCUT2D eigenvalue weighted by Gasteiger charge is 2.45. The molecule has 2 amide bonds. The average molecular weight is 386 g/mol. The second-order valence-corrected chi connectivity index (χ2v) is 10.8. The van der Waals surface area contributed by atoms with Crippen molar-refractivity contribution in [2.45, 2.75) is 80.9 Å². The summed E-state index contributed by atoms with van der Waals surface area (Å²) in [6.45, 7) is 1.18. The normalized spacial score (nSPS) is 33.5. The van der Waals surface area contributed by atoms with Crippen LogP contribution in [-0.4, -0.2) is 85.3 Å². The van der Waals surface area contributed by atoms with E-state index in [-0.39, 0.29) is 23.5 Å². The number of ether oxygens (including phenoxy) is 1. The third-order valence-corrected chi connectivity index (χ3v) is 8.78. The molecule has 4 aliphatic rings. The van der Waals surface area contributed by atoms with Gasteiger partial charge < -0.3 is 14.5 Å². The molecule has 0 aromatic carbocycles. The van der Waals surface area contributed by atoms with Crippen LogP contribution in [0.15, 0.2) is 0 Å². The van der Waals surface area contributed by atoms with Crippen molar-refractivity contribution >= 4 is 16.1 Å². The first-order valence-corrected chi connectivity index (χ1v) is 11.5. The fraction of sp³-hybridized carbons (Fsp3) is 0.944. The van der Waals surface area contributed by atoms with Crippen molar-refractivity contribution in [3.05, 3.63) is 0 Å². The van der Waals surface area contributed by atoms with Gasteiger partial charge in [0.2, 0.25) is 10.0 Å². The maximum absolute atomic E-state index is 12.4. The molecule has 1 saturated carbocycles. The Bertz CT molecular complexity index is 627. The van der Waals surface area contributed by atoms with Gasteiger partial charge in [0.15, 0.2) is 0 Å². The molecule has 0 N–H and O–H groups in total. The summed E-state index contributed by atoms with van der Waals surface area (Å²) in [4.78, 5) is 16.1. The summed E-state index contributed by atoms with van der Waals surface area (Å²) in [5.41, 5.74) is 0. The zero-order chi connectivity index (χ0) is 18.5. The lowest BCUT2D eigenvalue weighted by Crippen LogP contribution is -2.52. The van der Waals surface area contributed by atoms with E-state index in [0.717, 1.165) is 51.4 Å². The minimum Gasteiger partial charge on any atom is -0.375 e. The number of nitrogens with zero attached hydrogens (tertiary/aromatic N) is 3. The number of carbonyl (C=O) groups is 1. The minimum absolute atomic E-state index is 0.117. The van der Waals surface area contributed by atoms with Gasteiger partial charge in [-0.1, -0.05) is 0 Å². The molecule has 3 saturated heterocycles. The van der Waals surface area contributed by atoms with Gasteiger partial charge >= 0.3 is 6.03 Å². The smallest absolute Gasteiger partial charge is 0.319 e. The van der Waals surface area contributed by atoms with E-state index < -0.39 is 10.0 Å². The predicted octanol–water partition coefficient (Wildman–Crippen LogP) is 1.64. The van der Waals surface area contributed by atoms with Gasteiger partial charge in [-0.05, 0) is 51.4 Å². The highest BCUT2D eigenvalue weighted by molar-refractivity contribution is 7.90. The van der Waals surface area contributed by atoms with Gasteiger partial charge in [0.1, 0.15) is 0 Å². The Kier molecular flexibility index (Phi) is 4.94. The van der Waals surface area contributed by atoms with Crippen molar-refractivity contribution in [1.82, 2.24) is 14.1 Å². The van der Waals surface area contributed by atoms with Crippen LogP contribution in [0.5, 0.6) is 0 Å². The van der Waals surface area contributed by atoms with E-state index in [9.17, 15) is 13.2 Å². The Balaban J connectivity index is 1.28. The summed E-state index contributed by atoms with van der Waals surface area (Å²) in [6, 6.07) is 0.711. The second-order valence-electron chi connectivity index (χ2n) is 8.54. The Morgan fingerprint density at radius 3 is 2.00 bits per heavy atom. The quantitative estimate of drug-likeness (QED) is 0.738. The van der Waals surface area contributed by atoms with Crippen molar-refractivity contribution in [1.29, 1.82) is 0 Å². The second kappa shape index (κ2) is 6.95. The van der Waals surface area contributed by atoms with E-state index in [1.807, 2.05) is 14.1 Å². The third kappa shape index (κ3) is 3.47. The summed E-state index contributed by atoms with van der Waals surface area (Å²) < 4.78 is 32.7. The van der Waals surface area contributed by atoms with Crippen molar-refractivity contribution < 1.29 is 17.9 Å². The van der Waals surface area contributed by atoms with Crippen molar-refractivity contribution in [3.63, 3.8) is 0 Å². The van der Waals surface area contributed by atoms with Crippen LogP contribution in [-0.2, 0) is 14.8 Å². The first-order valence-electron chi connectivity index (χ1n) is 10.0. The maximum Gasteiger partial charge on any atom is 0.319 e. The lowest BCUT2D eigenvalue weighted by atomic mass is 9.99. The van der Waals surface area contributed by atoms with Gasteiger partial charge in [-0.25, -0.2) is 17.5 Å². The molecule has 26 heavy (non-hydrogen) atoms. The molecule has 2 bridgehead atoms. The van der Waals surface area contributed by atoms with Crippen molar-refractivity contribution in [3.8, 4) is 0 Å². The molecular weight excluding hydrogens is 354 g/mol. The third-order valence-electron chi connectivity index (χ3n) is 6.38. The monoisotopic (exact) mass is 385 g/mol. The highest BCUT2D eigenvalue weighted by Crippen LogP contribution is 2.39. The van der Waals surface area contributed by atoms with E-state index in [1.165, 1.54) is 0 Å². The van der Waals surface area contributed by atoms with Gasteiger partial charge in [0.25, 0.3) is 0 Å². The number of piperidine rings is 2. The number of amides is 2. The molecule has 0 radical (unpaired) electrons. The fourth-order valence-electron chi connectivity index (χ4n) is 4.85. The number of urea groups is 1. The molecule has 3 aliphatic heterocycles. The first-order chi connectivity index (χ1) is 12.4. The van der Waals surface area contributed by atoms with Crippen molar-refractivity contribution in [2.75, 3.05) is 27.2 Å². The Morgan fingerprint density at radius 2 is 1.50 bits per heavy atom. The molecule has 8 heteroatoms. The molecule has 0 aromatic rings. The lowest BCUT2D eigenvalue weighted by molar-refractivity contribution is -0.0685. The van der Waals surface area contributed by atoms with Crippen LogP contribution < -0.4 is 0 Å². The number of fused-ring (bicyclic) bond motifs is 2. The topological polar surface area (TPSA) is 70.2 Å². The molecule has 1 unspecified atom stereocenters. The molecule has 1 aliphatic carbocycles. The van der Waals surface area contributed by atoms with E-state index in [0.29, 0.717) is 25.2 Å².